The van der Waals surface area contributed by atoms with Crippen LogP contribution in [0.25, 0.3) is 10.9 Å². The normalized spacial score (nSPS) is 10.6. The molecule has 1 aromatic heterocycles. The summed E-state index contributed by atoms with van der Waals surface area (Å²) in [6, 6.07) is 15.5. The van der Waals surface area contributed by atoms with Crippen LogP contribution in [0.3, 0.4) is 0 Å². The van der Waals surface area contributed by atoms with Gasteiger partial charge < -0.3 is 10.1 Å². The summed E-state index contributed by atoms with van der Waals surface area (Å²) in [5.74, 6) is -0.354. The Kier molecular flexibility index (Phi) is 4.47. The number of nitrogens with zero attached hydrogens (tertiary/aromatic N) is 1. The summed E-state index contributed by atoms with van der Waals surface area (Å²) >= 11 is 2.27. The first-order valence-corrected chi connectivity index (χ1v) is 8.17. The molecule has 0 saturated heterocycles. The molecular weight excluding hydrogens is 403 g/mol. The zero-order chi connectivity index (χ0) is 16.4. The van der Waals surface area contributed by atoms with Crippen molar-refractivity contribution in [2.24, 2.45) is 0 Å². The first-order chi connectivity index (χ1) is 11.1. The van der Waals surface area contributed by atoms with Crippen molar-refractivity contribution in [1.29, 1.82) is 0 Å². The number of aromatic nitrogens is 1. The van der Waals surface area contributed by atoms with Crippen LogP contribution in [0.4, 0.5) is 11.4 Å². The molecule has 0 aliphatic carbocycles. The highest BCUT2D eigenvalue weighted by Gasteiger charge is 2.10. The van der Waals surface area contributed by atoms with Crippen LogP contribution in [0.2, 0.25) is 0 Å². The number of methoxy groups -OCH3 is 1. The Hall–Kier alpha value is -2.15. The van der Waals surface area contributed by atoms with E-state index in [9.17, 15) is 4.79 Å². The minimum atomic E-state index is -0.354. The lowest BCUT2D eigenvalue weighted by atomic mass is 10.1. The highest BCUT2D eigenvalue weighted by Crippen LogP contribution is 2.28. The number of fused-ring (bicyclic) bond motifs is 1. The molecule has 3 rings (SSSR count). The van der Waals surface area contributed by atoms with Gasteiger partial charge in [-0.3, -0.25) is 4.98 Å². The van der Waals surface area contributed by atoms with E-state index in [4.69, 9.17) is 4.74 Å². The Morgan fingerprint density at radius 3 is 2.57 bits per heavy atom. The Bertz CT molecular complexity index is 876. The number of esters is 1. The van der Waals surface area contributed by atoms with E-state index in [1.165, 1.54) is 10.7 Å². The van der Waals surface area contributed by atoms with Crippen molar-refractivity contribution in [3.05, 3.63) is 63.4 Å². The third-order valence-corrected chi connectivity index (χ3v) is 4.20. The minimum absolute atomic E-state index is 0.354. The smallest absolute Gasteiger partial charge is 0.337 e. The molecule has 1 N–H and O–H groups in total. The van der Waals surface area contributed by atoms with E-state index in [0.29, 0.717) is 5.56 Å². The van der Waals surface area contributed by atoms with Crippen molar-refractivity contribution in [2.45, 2.75) is 6.92 Å². The maximum atomic E-state index is 11.8. The third-order valence-electron chi connectivity index (χ3n) is 3.48. The van der Waals surface area contributed by atoms with Crippen LogP contribution in [-0.2, 0) is 4.74 Å². The number of aryl methyl sites for hydroxylation is 1. The molecule has 0 unspecified atom stereocenters. The Morgan fingerprint density at radius 1 is 1.13 bits per heavy atom. The van der Waals surface area contributed by atoms with Crippen LogP contribution in [0.1, 0.15) is 16.1 Å². The molecule has 0 saturated carbocycles. The molecule has 116 valence electrons. The molecule has 5 heteroatoms. The predicted molar refractivity (Wildman–Crippen MR) is 100 cm³/mol. The van der Waals surface area contributed by atoms with E-state index < -0.39 is 0 Å². The maximum absolute atomic E-state index is 11.8. The predicted octanol–water partition coefficient (Wildman–Crippen LogP) is 4.68. The molecule has 0 spiro atoms. The van der Waals surface area contributed by atoms with Crippen LogP contribution >= 0.6 is 22.6 Å². The third kappa shape index (κ3) is 3.44. The summed E-state index contributed by atoms with van der Waals surface area (Å²) in [6.07, 6.45) is 0. The number of halogens is 1. The lowest BCUT2D eigenvalue weighted by Crippen LogP contribution is -2.02. The molecule has 0 bridgehead atoms. The fourth-order valence-corrected chi connectivity index (χ4v) is 2.75. The molecule has 0 aliphatic rings. The summed E-state index contributed by atoms with van der Waals surface area (Å²) in [6.45, 7) is 1.95. The van der Waals surface area contributed by atoms with Crippen molar-refractivity contribution >= 4 is 50.8 Å². The number of anilines is 2. The van der Waals surface area contributed by atoms with Gasteiger partial charge in [0.1, 0.15) is 0 Å². The Balaban J connectivity index is 2.09. The number of nitrogens with one attached hydrogen (secondary N) is 1. The topological polar surface area (TPSA) is 51.2 Å². The second-order valence-electron chi connectivity index (χ2n) is 5.17. The highest BCUT2D eigenvalue weighted by atomic mass is 127. The average molecular weight is 418 g/mol. The number of carbonyl (C=O) groups excluding carboxylic acids is 1. The molecule has 0 fully saturated rings. The van der Waals surface area contributed by atoms with Gasteiger partial charge in [-0.1, -0.05) is 0 Å². The van der Waals surface area contributed by atoms with Crippen LogP contribution in [-0.4, -0.2) is 18.1 Å². The van der Waals surface area contributed by atoms with Crippen molar-refractivity contribution in [3.8, 4) is 0 Å². The van der Waals surface area contributed by atoms with E-state index in [0.717, 1.165) is 28.0 Å². The maximum Gasteiger partial charge on any atom is 0.337 e. The summed E-state index contributed by atoms with van der Waals surface area (Å²) in [4.78, 5) is 16.3. The van der Waals surface area contributed by atoms with Gasteiger partial charge in [0, 0.05) is 26.0 Å². The molecule has 0 amide bonds. The standard InChI is InChI=1S/C18H15IN2O2/c1-11-9-17(21-14-6-4-13(19)5-7-14)15-10-12(18(22)23-2)3-8-16(15)20-11/h3-10H,1-2H3,(H,20,21). The van der Waals surface area contributed by atoms with Crippen molar-refractivity contribution in [2.75, 3.05) is 12.4 Å². The van der Waals surface area contributed by atoms with Crippen molar-refractivity contribution < 1.29 is 9.53 Å². The van der Waals surface area contributed by atoms with Crippen molar-refractivity contribution in [1.82, 2.24) is 4.98 Å². The van der Waals surface area contributed by atoms with E-state index >= 15 is 0 Å². The van der Waals surface area contributed by atoms with E-state index in [-0.39, 0.29) is 5.97 Å². The Morgan fingerprint density at radius 2 is 1.87 bits per heavy atom. The first-order valence-electron chi connectivity index (χ1n) is 7.09. The van der Waals surface area contributed by atoms with Gasteiger partial charge in [-0.15, -0.1) is 0 Å². The summed E-state index contributed by atoms with van der Waals surface area (Å²) < 4.78 is 5.98. The second-order valence-corrected chi connectivity index (χ2v) is 6.41. The average Bonchev–Trinajstić information content (AvgIpc) is 2.55. The molecule has 23 heavy (non-hydrogen) atoms. The highest BCUT2D eigenvalue weighted by molar-refractivity contribution is 14.1. The van der Waals surface area contributed by atoms with E-state index in [1.54, 1.807) is 6.07 Å². The van der Waals surface area contributed by atoms with Crippen molar-refractivity contribution in [3.63, 3.8) is 0 Å². The van der Waals surface area contributed by atoms with Gasteiger partial charge in [0.05, 0.1) is 18.2 Å². The summed E-state index contributed by atoms with van der Waals surface area (Å²) in [7, 11) is 1.38. The van der Waals surface area contributed by atoms with Crippen LogP contribution < -0.4 is 5.32 Å². The zero-order valence-electron chi connectivity index (χ0n) is 12.8. The largest absolute Gasteiger partial charge is 0.465 e. The van der Waals surface area contributed by atoms with Gasteiger partial charge in [0.25, 0.3) is 0 Å². The lowest BCUT2D eigenvalue weighted by molar-refractivity contribution is 0.0601. The molecule has 0 aliphatic heterocycles. The number of carbonyl (C=O) groups is 1. The molecule has 0 radical (unpaired) electrons. The minimum Gasteiger partial charge on any atom is -0.465 e. The number of hydrogen-bond acceptors (Lipinski definition) is 4. The monoisotopic (exact) mass is 418 g/mol. The number of benzene rings is 2. The summed E-state index contributed by atoms with van der Waals surface area (Å²) in [5.41, 5.74) is 4.17. The summed E-state index contributed by atoms with van der Waals surface area (Å²) in [5, 5.41) is 4.29. The number of pyridine rings is 1. The molecular formula is C18H15IN2O2. The van der Waals surface area contributed by atoms with Gasteiger partial charge in [-0.2, -0.15) is 0 Å². The van der Waals surface area contributed by atoms with Crippen LogP contribution in [0, 0.1) is 10.5 Å². The number of ether oxygens (including phenoxy) is 1. The van der Waals surface area contributed by atoms with Crippen LogP contribution in [0.15, 0.2) is 48.5 Å². The van der Waals surface area contributed by atoms with Gasteiger partial charge in [0.15, 0.2) is 0 Å². The number of rotatable bonds is 3. The van der Waals surface area contributed by atoms with Crippen LogP contribution in [0.5, 0.6) is 0 Å². The molecule has 1 heterocycles. The lowest BCUT2D eigenvalue weighted by Gasteiger charge is -2.12. The fourth-order valence-electron chi connectivity index (χ4n) is 2.40. The van der Waals surface area contributed by atoms with Gasteiger partial charge in [0.2, 0.25) is 0 Å². The second kappa shape index (κ2) is 6.54. The quantitative estimate of drug-likeness (QED) is 0.496. The Labute approximate surface area is 148 Å². The molecule has 2 aromatic carbocycles. The van der Waals surface area contributed by atoms with Gasteiger partial charge in [-0.05, 0) is 78.0 Å². The van der Waals surface area contributed by atoms with Gasteiger partial charge >= 0.3 is 5.97 Å². The number of hydrogen-bond donors (Lipinski definition) is 1. The van der Waals surface area contributed by atoms with Gasteiger partial charge in [-0.25, -0.2) is 4.79 Å². The van der Waals surface area contributed by atoms with E-state index in [1.807, 2.05) is 49.4 Å². The zero-order valence-corrected chi connectivity index (χ0v) is 14.9. The fraction of sp³-hybridized carbons (Fsp3) is 0.111. The van der Waals surface area contributed by atoms with E-state index in [2.05, 4.69) is 32.9 Å². The molecule has 3 aromatic rings. The SMILES string of the molecule is COC(=O)c1ccc2nc(C)cc(Nc3ccc(I)cc3)c2c1. The first kappa shape index (κ1) is 15.7. The molecule has 4 nitrogen and oxygen atoms in total. The molecule has 0 atom stereocenters.